The molecule has 6 nitrogen and oxygen atoms in total. The van der Waals surface area contributed by atoms with Crippen LogP contribution in [0.1, 0.15) is 43.7 Å². The molecule has 0 spiro atoms. The first-order valence-electron chi connectivity index (χ1n) is 8.73. The van der Waals surface area contributed by atoms with Gasteiger partial charge in [-0.3, -0.25) is 10.1 Å². The molecule has 1 N–H and O–H groups in total. The number of carbonyl (C=O) groups is 1. The summed E-state index contributed by atoms with van der Waals surface area (Å²) < 4.78 is 22.8. The molecule has 1 heterocycles. The number of carbonyl (C=O) groups excluding carboxylic acids is 1. The van der Waals surface area contributed by atoms with Gasteiger partial charge in [-0.2, -0.15) is 0 Å². The number of rotatable bonds is 9. The molecule has 8 heteroatoms. The first kappa shape index (κ1) is 21.5. The molecule has 2 rings (SSSR count). The maximum atomic E-state index is 12.7. The molecule has 0 aliphatic carbocycles. The summed E-state index contributed by atoms with van der Waals surface area (Å²) in [5, 5.41) is 5.05. The lowest BCUT2D eigenvalue weighted by Crippen LogP contribution is -2.14. The fourth-order valence-electron chi connectivity index (χ4n) is 2.20. The molecule has 2 aromatic rings. The summed E-state index contributed by atoms with van der Waals surface area (Å²) in [4.78, 5) is 17.0. The van der Waals surface area contributed by atoms with Gasteiger partial charge in [0.25, 0.3) is 5.91 Å². The molecule has 0 saturated heterocycles. The fourth-order valence-corrected chi connectivity index (χ4v) is 3.57. The zero-order chi connectivity index (χ0) is 20.0. The Balaban J connectivity index is 2.17. The highest BCUT2D eigenvalue weighted by atomic mass is 32.2. The van der Waals surface area contributed by atoms with Gasteiger partial charge in [-0.05, 0) is 31.9 Å². The molecular weight excluding hydrogens is 384 g/mol. The lowest BCUT2D eigenvalue weighted by molar-refractivity contribution is 0.102. The molecule has 0 aliphatic heterocycles. The van der Waals surface area contributed by atoms with Crippen LogP contribution in [-0.4, -0.2) is 34.4 Å². The van der Waals surface area contributed by atoms with Crippen molar-refractivity contribution in [2.24, 2.45) is 5.92 Å². The molecular formula is C19H26N2O4S2. The summed E-state index contributed by atoms with van der Waals surface area (Å²) in [6, 6.07) is 5.17. The van der Waals surface area contributed by atoms with Crippen molar-refractivity contribution in [3.63, 3.8) is 0 Å². The van der Waals surface area contributed by atoms with Crippen LogP contribution in [0.5, 0.6) is 11.5 Å². The van der Waals surface area contributed by atoms with Crippen LogP contribution in [0, 0.1) is 5.92 Å². The Hall–Kier alpha value is -1.77. The van der Waals surface area contributed by atoms with Crippen molar-refractivity contribution in [1.82, 2.24) is 4.98 Å². The highest BCUT2D eigenvalue weighted by Gasteiger charge is 2.14. The van der Waals surface area contributed by atoms with Gasteiger partial charge >= 0.3 is 0 Å². The van der Waals surface area contributed by atoms with Gasteiger partial charge in [0, 0.05) is 17.0 Å². The molecule has 1 atom stereocenters. The molecule has 1 unspecified atom stereocenters. The number of amides is 1. The van der Waals surface area contributed by atoms with E-state index in [1.807, 2.05) is 13.8 Å². The van der Waals surface area contributed by atoms with Crippen LogP contribution in [0.4, 0.5) is 5.13 Å². The number of thiazole rings is 1. The molecule has 0 aliphatic rings. The monoisotopic (exact) mass is 410 g/mol. The average molecular weight is 411 g/mol. The van der Waals surface area contributed by atoms with Gasteiger partial charge in [-0.1, -0.05) is 25.0 Å². The Morgan fingerprint density at radius 2 is 1.96 bits per heavy atom. The zero-order valence-corrected chi connectivity index (χ0v) is 17.9. The first-order valence-corrected chi connectivity index (χ1v) is 11.3. The van der Waals surface area contributed by atoms with E-state index in [9.17, 15) is 9.35 Å². The third-order valence-electron chi connectivity index (χ3n) is 3.22. The molecule has 1 amide bonds. The average Bonchev–Trinajstić information content (AvgIpc) is 2.98. The summed E-state index contributed by atoms with van der Waals surface area (Å²) >= 11 is 0.336. The second-order valence-electron chi connectivity index (χ2n) is 6.88. The highest BCUT2D eigenvalue weighted by molar-refractivity contribution is 7.89. The minimum atomic E-state index is -0.972. The van der Waals surface area contributed by atoms with Crippen LogP contribution in [0.25, 0.3) is 0 Å². The Kier molecular flexibility index (Phi) is 7.94. The molecule has 148 valence electrons. The van der Waals surface area contributed by atoms with Gasteiger partial charge in [0.05, 0.1) is 19.0 Å². The third-order valence-corrected chi connectivity index (χ3v) is 4.73. The van der Waals surface area contributed by atoms with Crippen molar-refractivity contribution in [2.45, 2.75) is 39.6 Å². The van der Waals surface area contributed by atoms with Crippen molar-refractivity contribution in [3.05, 3.63) is 34.8 Å². The van der Waals surface area contributed by atoms with E-state index in [1.165, 1.54) is 11.3 Å². The predicted molar refractivity (Wildman–Crippen MR) is 110 cm³/mol. The number of aromatic nitrogens is 1. The molecule has 27 heavy (non-hydrogen) atoms. The quantitative estimate of drug-likeness (QED) is 0.629. The fraction of sp³-hybridized carbons (Fsp3) is 0.474. The Morgan fingerprint density at radius 1 is 1.26 bits per heavy atom. The summed E-state index contributed by atoms with van der Waals surface area (Å²) in [6.45, 7) is 8.53. The lowest BCUT2D eigenvalue weighted by Gasteiger charge is -2.15. The maximum absolute atomic E-state index is 12.7. The largest absolute Gasteiger partial charge is 0.616 e. The number of benzene rings is 1. The molecule has 1 aromatic carbocycles. The number of nitrogens with zero attached hydrogens (tertiary/aromatic N) is 1. The van der Waals surface area contributed by atoms with Crippen molar-refractivity contribution in [3.8, 4) is 11.5 Å². The summed E-state index contributed by atoms with van der Waals surface area (Å²) in [7, 11) is 0. The van der Waals surface area contributed by atoms with Gasteiger partial charge < -0.3 is 14.0 Å². The second kappa shape index (κ2) is 9.96. The standard InChI is InChI=1S/C19H26N2O4S2/c1-12(2)9-24-16-6-14(7-17(8-16)25-13(3)4)18(22)21-19-20-15(10-26-19)11-27(5)23/h6-8,10,12-13H,9,11H2,1-5H3,(H,20,21,22). The van der Waals surface area contributed by atoms with E-state index in [1.54, 1.807) is 29.8 Å². The van der Waals surface area contributed by atoms with E-state index in [0.29, 0.717) is 46.2 Å². The Labute approximate surface area is 167 Å². The van der Waals surface area contributed by atoms with Gasteiger partial charge in [0.15, 0.2) is 5.13 Å². The number of nitrogens with one attached hydrogen (secondary N) is 1. The lowest BCUT2D eigenvalue weighted by atomic mass is 10.2. The maximum Gasteiger partial charge on any atom is 0.257 e. The van der Waals surface area contributed by atoms with Crippen LogP contribution in [-0.2, 0) is 16.9 Å². The Morgan fingerprint density at radius 3 is 2.59 bits per heavy atom. The van der Waals surface area contributed by atoms with Crippen molar-refractivity contribution in [2.75, 3.05) is 18.2 Å². The highest BCUT2D eigenvalue weighted by Crippen LogP contribution is 2.26. The summed E-state index contributed by atoms with van der Waals surface area (Å²) in [5.41, 5.74) is 1.14. The molecule has 0 saturated carbocycles. The van der Waals surface area contributed by atoms with E-state index in [0.717, 1.165) is 0 Å². The zero-order valence-electron chi connectivity index (χ0n) is 16.3. The van der Waals surface area contributed by atoms with Gasteiger partial charge in [-0.25, -0.2) is 4.98 Å². The van der Waals surface area contributed by atoms with Crippen molar-refractivity contribution >= 4 is 33.6 Å². The topological polar surface area (TPSA) is 83.5 Å². The van der Waals surface area contributed by atoms with Gasteiger partial charge in [-0.15, -0.1) is 11.3 Å². The smallest absolute Gasteiger partial charge is 0.257 e. The normalized spacial score (nSPS) is 12.3. The van der Waals surface area contributed by atoms with E-state index in [2.05, 4.69) is 24.1 Å². The van der Waals surface area contributed by atoms with E-state index < -0.39 is 11.2 Å². The first-order chi connectivity index (χ1) is 12.7. The van der Waals surface area contributed by atoms with Crippen molar-refractivity contribution < 1.29 is 18.8 Å². The number of hydrogen-bond acceptors (Lipinski definition) is 6. The number of ether oxygens (including phenoxy) is 2. The van der Waals surface area contributed by atoms with E-state index in [-0.39, 0.29) is 12.0 Å². The second-order valence-corrected chi connectivity index (χ2v) is 9.17. The van der Waals surface area contributed by atoms with Gasteiger partial charge in [0.2, 0.25) is 0 Å². The number of anilines is 1. The van der Waals surface area contributed by atoms with Crippen LogP contribution in [0.15, 0.2) is 23.6 Å². The van der Waals surface area contributed by atoms with Crippen LogP contribution >= 0.6 is 11.3 Å². The summed E-state index contributed by atoms with van der Waals surface area (Å²) in [6.07, 6.45) is 1.61. The molecule has 0 bridgehead atoms. The SMILES string of the molecule is CC(C)COc1cc(OC(C)C)cc(C(=O)Nc2nc(C[S+](C)[O-])cs2)c1. The molecule has 0 fully saturated rings. The van der Waals surface area contributed by atoms with Crippen LogP contribution < -0.4 is 14.8 Å². The number of hydrogen-bond donors (Lipinski definition) is 1. The molecule has 0 radical (unpaired) electrons. The van der Waals surface area contributed by atoms with E-state index in [4.69, 9.17) is 9.47 Å². The van der Waals surface area contributed by atoms with E-state index >= 15 is 0 Å². The summed E-state index contributed by atoms with van der Waals surface area (Å²) in [5.74, 6) is 1.62. The van der Waals surface area contributed by atoms with Crippen LogP contribution in [0.2, 0.25) is 0 Å². The minimum absolute atomic E-state index is 0.0160. The van der Waals surface area contributed by atoms with Crippen molar-refractivity contribution in [1.29, 1.82) is 0 Å². The molecule has 1 aromatic heterocycles. The van der Waals surface area contributed by atoms with Gasteiger partial charge in [0.1, 0.15) is 22.9 Å². The third kappa shape index (κ3) is 7.40. The van der Waals surface area contributed by atoms with Crippen LogP contribution in [0.3, 0.4) is 0 Å². The minimum Gasteiger partial charge on any atom is -0.616 e. The predicted octanol–water partition coefficient (Wildman–Crippen LogP) is 4.10. The Bertz CT molecular complexity index is 760.